The molecule has 0 bridgehead atoms. The van der Waals surface area contributed by atoms with E-state index in [0.717, 1.165) is 17.7 Å². The van der Waals surface area contributed by atoms with Crippen molar-refractivity contribution in [3.63, 3.8) is 0 Å². The van der Waals surface area contributed by atoms with Gasteiger partial charge < -0.3 is 9.84 Å². The van der Waals surface area contributed by atoms with Gasteiger partial charge in [-0.3, -0.25) is 10.1 Å². The molecule has 6 unspecified atom stereocenters. The molecule has 1 aliphatic heterocycles. The molecule has 0 amide bonds. The molecule has 0 spiro atoms. The van der Waals surface area contributed by atoms with Crippen molar-refractivity contribution in [3.05, 3.63) is 27.1 Å². The minimum atomic E-state index is -0.408. The Morgan fingerprint density at radius 1 is 1.32 bits per heavy atom. The largest absolute Gasteiger partial charge is 0.393 e. The zero-order chi connectivity index (χ0) is 15.9. The van der Waals surface area contributed by atoms with Gasteiger partial charge in [0.1, 0.15) is 0 Å². The number of ether oxygens (including phenoxy) is 1. The summed E-state index contributed by atoms with van der Waals surface area (Å²) < 4.78 is 6.33. The van der Waals surface area contributed by atoms with Crippen LogP contribution in [0.2, 0.25) is 0 Å². The lowest BCUT2D eigenvalue weighted by Gasteiger charge is -2.37. The molecule has 0 radical (unpaired) electrons. The second kappa shape index (κ2) is 6.26. The van der Waals surface area contributed by atoms with Crippen LogP contribution in [0.3, 0.4) is 0 Å². The van der Waals surface area contributed by atoms with Crippen molar-refractivity contribution in [2.75, 3.05) is 0 Å². The molecule has 0 aromatic carbocycles. The molecule has 122 valence electrons. The van der Waals surface area contributed by atoms with E-state index in [1.54, 1.807) is 6.07 Å². The summed E-state index contributed by atoms with van der Waals surface area (Å²) in [5.74, 6) is 1.26. The predicted molar refractivity (Wildman–Crippen MR) is 84.9 cm³/mol. The molecule has 1 aliphatic carbocycles. The van der Waals surface area contributed by atoms with E-state index in [4.69, 9.17) is 4.74 Å². The van der Waals surface area contributed by atoms with E-state index in [1.807, 2.05) is 0 Å². The molecule has 6 heteroatoms. The monoisotopic (exact) mass is 325 g/mol. The van der Waals surface area contributed by atoms with Crippen LogP contribution < -0.4 is 0 Å². The number of hydrogen-bond acceptors (Lipinski definition) is 5. The highest BCUT2D eigenvalue weighted by molar-refractivity contribution is 7.15. The number of aliphatic hydroxyl groups is 1. The molecule has 3 rings (SSSR count). The summed E-state index contributed by atoms with van der Waals surface area (Å²) in [6.07, 6.45) is 3.36. The van der Waals surface area contributed by atoms with E-state index in [9.17, 15) is 15.2 Å². The van der Waals surface area contributed by atoms with Gasteiger partial charge in [0.25, 0.3) is 0 Å². The first-order valence-electron chi connectivity index (χ1n) is 8.03. The molecule has 2 aliphatic rings. The summed E-state index contributed by atoms with van der Waals surface area (Å²) in [4.78, 5) is 11.4. The fourth-order valence-electron chi connectivity index (χ4n) is 3.89. The number of nitro groups is 1. The maximum absolute atomic E-state index is 10.9. The molecule has 6 atom stereocenters. The van der Waals surface area contributed by atoms with Crippen LogP contribution in [0.15, 0.2) is 12.1 Å². The Kier molecular flexibility index (Phi) is 4.52. The molecule has 5 nitrogen and oxygen atoms in total. The lowest BCUT2D eigenvalue weighted by molar-refractivity contribution is -0.380. The van der Waals surface area contributed by atoms with E-state index >= 15 is 0 Å². The average Bonchev–Trinajstić information content (AvgIpc) is 2.92. The third kappa shape index (κ3) is 3.05. The average molecular weight is 325 g/mol. The molecule has 1 saturated heterocycles. The lowest BCUT2D eigenvalue weighted by Crippen LogP contribution is -2.36. The highest BCUT2D eigenvalue weighted by Crippen LogP contribution is 2.45. The maximum Gasteiger partial charge on any atom is 0.324 e. The second-order valence-corrected chi connectivity index (χ2v) is 7.93. The van der Waals surface area contributed by atoms with Gasteiger partial charge in [-0.2, -0.15) is 0 Å². The van der Waals surface area contributed by atoms with Gasteiger partial charge in [0, 0.05) is 17.4 Å². The van der Waals surface area contributed by atoms with Gasteiger partial charge in [0.05, 0.1) is 23.2 Å². The molecule has 1 aromatic heterocycles. The van der Waals surface area contributed by atoms with Crippen LogP contribution in [-0.2, 0) is 4.74 Å². The van der Waals surface area contributed by atoms with Gasteiger partial charge in [0.15, 0.2) is 0 Å². The zero-order valence-electron chi connectivity index (χ0n) is 13.0. The first kappa shape index (κ1) is 15.9. The first-order chi connectivity index (χ1) is 10.5. The molecule has 1 N–H and O–H groups in total. The van der Waals surface area contributed by atoms with Crippen LogP contribution in [0.4, 0.5) is 5.00 Å². The fourth-order valence-corrected chi connectivity index (χ4v) is 4.76. The summed E-state index contributed by atoms with van der Waals surface area (Å²) in [7, 11) is 0. The van der Waals surface area contributed by atoms with Crippen LogP contribution in [0, 0.1) is 27.9 Å². The van der Waals surface area contributed by atoms with Gasteiger partial charge in [-0.1, -0.05) is 31.6 Å². The van der Waals surface area contributed by atoms with Crippen molar-refractivity contribution in [1.29, 1.82) is 0 Å². The topological polar surface area (TPSA) is 72.6 Å². The Morgan fingerprint density at radius 3 is 2.77 bits per heavy atom. The summed E-state index contributed by atoms with van der Waals surface area (Å²) >= 11 is 1.17. The van der Waals surface area contributed by atoms with Crippen LogP contribution in [-0.4, -0.2) is 22.2 Å². The minimum absolute atomic E-state index is 0.138. The Hall–Kier alpha value is -0.980. The maximum atomic E-state index is 10.9. The van der Waals surface area contributed by atoms with E-state index in [2.05, 4.69) is 13.8 Å². The summed E-state index contributed by atoms with van der Waals surface area (Å²) in [6, 6.07) is 3.31. The minimum Gasteiger partial charge on any atom is -0.393 e. The number of thiophene rings is 1. The third-order valence-corrected chi connectivity index (χ3v) is 6.42. The number of nitrogens with zero attached hydrogens (tertiary/aromatic N) is 1. The van der Waals surface area contributed by atoms with Crippen molar-refractivity contribution < 1.29 is 14.8 Å². The number of aliphatic hydroxyl groups excluding tert-OH is 1. The molecule has 2 fully saturated rings. The van der Waals surface area contributed by atoms with Crippen molar-refractivity contribution in [1.82, 2.24) is 0 Å². The summed E-state index contributed by atoms with van der Waals surface area (Å²) in [5, 5.41) is 21.5. The summed E-state index contributed by atoms with van der Waals surface area (Å²) in [6.45, 7) is 4.36. The van der Waals surface area contributed by atoms with Crippen molar-refractivity contribution in [2.45, 2.75) is 57.8 Å². The third-order valence-electron chi connectivity index (χ3n) is 5.29. The highest BCUT2D eigenvalue weighted by atomic mass is 32.1. The normalized spacial score (nSPS) is 39.0. The fraction of sp³-hybridized carbons (Fsp3) is 0.750. The van der Waals surface area contributed by atoms with Gasteiger partial charge in [-0.05, 0) is 36.7 Å². The number of rotatable bonds is 2. The van der Waals surface area contributed by atoms with E-state index in [-0.39, 0.29) is 28.1 Å². The highest BCUT2D eigenvalue weighted by Gasteiger charge is 2.41. The molecular weight excluding hydrogens is 302 g/mol. The van der Waals surface area contributed by atoms with Gasteiger partial charge in [-0.25, -0.2) is 0 Å². The molecule has 1 saturated carbocycles. The van der Waals surface area contributed by atoms with Crippen LogP contribution in [0.25, 0.3) is 0 Å². The molecule has 1 aromatic rings. The first-order valence-corrected chi connectivity index (χ1v) is 8.85. The van der Waals surface area contributed by atoms with E-state index in [0.29, 0.717) is 18.3 Å². The van der Waals surface area contributed by atoms with Crippen molar-refractivity contribution >= 4 is 16.3 Å². The Balaban J connectivity index is 1.83. The Morgan fingerprint density at radius 2 is 2.09 bits per heavy atom. The second-order valence-electron chi connectivity index (χ2n) is 6.84. The van der Waals surface area contributed by atoms with Crippen molar-refractivity contribution in [3.8, 4) is 0 Å². The quantitative estimate of drug-likeness (QED) is 0.661. The van der Waals surface area contributed by atoms with Crippen LogP contribution in [0.5, 0.6) is 0 Å². The molecule has 22 heavy (non-hydrogen) atoms. The van der Waals surface area contributed by atoms with E-state index < -0.39 is 6.10 Å². The number of fused-ring (bicyclic) bond motifs is 1. The van der Waals surface area contributed by atoms with Gasteiger partial charge in [0.2, 0.25) is 0 Å². The van der Waals surface area contributed by atoms with Crippen LogP contribution in [0.1, 0.15) is 50.5 Å². The van der Waals surface area contributed by atoms with Crippen LogP contribution >= 0.6 is 11.3 Å². The molecule has 2 heterocycles. The lowest BCUT2D eigenvalue weighted by atomic mass is 9.73. The predicted octanol–water partition coefficient (Wildman–Crippen LogP) is 3.92. The van der Waals surface area contributed by atoms with E-state index in [1.165, 1.54) is 23.8 Å². The smallest absolute Gasteiger partial charge is 0.324 e. The SMILES string of the molecule is CC1CCC2C(C1)OC(c1ccc([N+](=O)[O-])s1)CC(O)C2C. The van der Waals surface area contributed by atoms with Gasteiger partial charge in [-0.15, -0.1) is 0 Å². The van der Waals surface area contributed by atoms with Crippen molar-refractivity contribution in [2.24, 2.45) is 17.8 Å². The summed E-state index contributed by atoms with van der Waals surface area (Å²) in [5.41, 5.74) is 0. The molecular formula is C16H23NO4S. The van der Waals surface area contributed by atoms with Gasteiger partial charge >= 0.3 is 5.00 Å². The zero-order valence-corrected chi connectivity index (χ0v) is 13.8. The Bertz CT molecular complexity index is 546. The number of hydrogen-bond donors (Lipinski definition) is 1. The standard InChI is InChI=1S/C16H23NO4S/c1-9-3-4-11-10(2)12(18)8-14(21-13(11)7-9)15-5-6-16(22-15)17(19)20/h5-6,9-14,18H,3-4,7-8H2,1-2H3. The Labute approximate surface area is 134 Å².